The molecular formula is C10H17NO2. The summed E-state index contributed by atoms with van der Waals surface area (Å²) >= 11 is 0. The average molecular weight is 183 g/mol. The number of nitrogens with one attached hydrogen (secondary N) is 1. The van der Waals surface area contributed by atoms with Gasteiger partial charge in [-0.3, -0.25) is 5.32 Å². The molecule has 0 bridgehead atoms. The van der Waals surface area contributed by atoms with Crippen molar-refractivity contribution in [1.29, 1.82) is 0 Å². The lowest BCUT2D eigenvalue weighted by molar-refractivity contribution is -0.0820. The normalized spacial score (nSPS) is 37.4. The maximum absolute atomic E-state index is 5.82. The van der Waals surface area contributed by atoms with Gasteiger partial charge in [0.25, 0.3) is 0 Å². The zero-order chi connectivity index (χ0) is 9.31. The monoisotopic (exact) mass is 183 g/mol. The van der Waals surface area contributed by atoms with E-state index in [0.29, 0.717) is 0 Å². The van der Waals surface area contributed by atoms with Crippen LogP contribution in [0.25, 0.3) is 0 Å². The quantitative estimate of drug-likeness (QED) is 0.666. The summed E-state index contributed by atoms with van der Waals surface area (Å²) in [7, 11) is 0. The van der Waals surface area contributed by atoms with Crippen LogP contribution in [0.3, 0.4) is 0 Å². The molecule has 74 valence electrons. The van der Waals surface area contributed by atoms with E-state index >= 15 is 0 Å². The summed E-state index contributed by atoms with van der Waals surface area (Å²) in [5, 5.41) is 3.34. The first-order chi connectivity index (χ1) is 6.17. The average Bonchev–Trinajstić information content (AvgIpc) is 2.48. The lowest BCUT2D eigenvalue weighted by Gasteiger charge is -2.26. The van der Waals surface area contributed by atoms with Crippen molar-refractivity contribution in [2.24, 2.45) is 0 Å². The van der Waals surface area contributed by atoms with Gasteiger partial charge in [0.05, 0.1) is 11.9 Å². The highest BCUT2D eigenvalue weighted by Gasteiger charge is 2.36. The highest BCUT2D eigenvalue weighted by Crippen LogP contribution is 2.23. The smallest absolute Gasteiger partial charge is 0.146 e. The van der Waals surface area contributed by atoms with Gasteiger partial charge in [0.15, 0.2) is 0 Å². The molecule has 0 amide bonds. The van der Waals surface area contributed by atoms with Gasteiger partial charge in [-0.25, -0.2) is 0 Å². The van der Waals surface area contributed by atoms with Gasteiger partial charge in [0, 0.05) is 6.54 Å². The maximum Gasteiger partial charge on any atom is 0.146 e. The first-order valence-electron chi connectivity index (χ1n) is 4.89. The van der Waals surface area contributed by atoms with Crippen LogP contribution in [-0.2, 0) is 9.47 Å². The van der Waals surface area contributed by atoms with E-state index in [9.17, 15) is 0 Å². The molecule has 1 fully saturated rings. The van der Waals surface area contributed by atoms with Crippen LogP contribution in [0, 0.1) is 0 Å². The Bertz CT molecular complexity index is 213. The molecule has 2 heterocycles. The molecule has 0 aromatic carbocycles. The second-order valence-corrected chi connectivity index (χ2v) is 4.30. The van der Waals surface area contributed by atoms with Crippen molar-refractivity contribution >= 4 is 0 Å². The van der Waals surface area contributed by atoms with Crippen molar-refractivity contribution in [3.8, 4) is 0 Å². The molecule has 0 unspecified atom stereocenters. The minimum atomic E-state index is -0.0464. The van der Waals surface area contributed by atoms with Crippen LogP contribution in [0.2, 0.25) is 0 Å². The van der Waals surface area contributed by atoms with Crippen LogP contribution < -0.4 is 5.32 Å². The molecule has 2 atom stereocenters. The molecule has 0 aromatic rings. The van der Waals surface area contributed by atoms with Crippen molar-refractivity contribution in [2.45, 2.75) is 44.6 Å². The Hall–Kier alpha value is -0.540. The Morgan fingerprint density at radius 2 is 2.31 bits per heavy atom. The largest absolute Gasteiger partial charge is 0.494 e. The molecule has 1 N–H and O–H groups in total. The van der Waals surface area contributed by atoms with Gasteiger partial charge in [-0.05, 0) is 32.8 Å². The predicted octanol–water partition coefficient (Wildman–Crippen LogP) is 1.40. The van der Waals surface area contributed by atoms with E-state index in [0.717, 1.165) is 19.4 Å². The van der Waals surface area contributed by atoms with Crippen LogP contribution in [0.1, 0.15) is 26.7 Å². The van der Waals surface area contributed by atoms with Gasteiger partial charge in [-0.1, -0.05) is 0 Å². The topological polar surface area (TPSA) is 30.5 Å². The van der Waals surface area contributed by atoms with E-state index in [-0.39, 0.29) is 17.9 Å². The van der Waals surface area contributed by atoms with Crippen molar-refractivity contribution in [1.82, 2.24) is 5.32 Å². The number of hydrogen-bond donors (Lipinski definition) is 1. The molecule has 0 spiro atoms. The molecule has 2 rings (SSSR count). The highest BCUT2D eigenvalue weighted by atomic mass is 16.6. The molecular weight excluding hydrogens is 166 g/mol. The summed E-state index contributed by atoms with van der Waals surface area (Å²) in [6.45, 7) is 5.10. The fraction of sp³-hybridized carbons (Fsp3) is 0.800. The Kier molecular flexibility index (Phi) is 2.30. The van der Waals surface area contributed by atoms with Gasteiger partial charge >= 0.3 is 0 Å². The number of rotatable bonds is 1. The second-order valence-electron chi connectivity index (χ2n) is 4.30. The second kappa shape index (κ2) is 3.31. The van der Waals surface area contributed by atoms with Crippen LogP contribution >= 0.6 is 0 Å². The zero-order valence-electron chi connectivity index (χ0n) is 8.25. The third-order valence-electron chi connectivity index (χ3n) is 2.48. The molecule has 0 radical (unpaired) electrons. The summed E-state index contributed by atoms with van der Waals surface area (Å²) in [4.78, 5) is 0. The number of ether oxygens (including phenoxy) is 2. The lowest BCUT2D eigenvalue weighted by atomic mass is 10.1. The summed E-state index contributed by atoms with van der Waals surface area (Å²) in [6.07, 6.45) is 6.23. The molecule has 2 aliphatic rings. The summed E-state index contributed by atoms with van der Waals surface area (Å²) in [5.74, 6) is 0. The first-order valence-corrected chi connectivity index (χ1v) is 4.89. The Labute approximate surface area is 79.1 Å². The third kappa shape index (κ3) is 2.03. The molecule has 13 heavy (non-hydrogen) atoms. The van der Waals surface area contributed by atoms with E-state index < -0.39 is 0 Å². The predicted molar refractivity (Wildman–Crippen MR) is 50.2 cm³/mol. The Morgan fingerprint density at radius 3 is 2.85 bits per heavy atom. The van der Waals surface area contributed by atoms with E-state index in [1.165, 1.54) is 0 Å². The van der Waals surface area contributed by atoms with Crippen molar-refractivity contribution in [3.05, 3.63) is 12.3 Å². The van der Waals surface area contributed by atoms with Crippen molar-refractivity contribution in [3.63, 3.8) is 0 Å². The highest BCUT2D eigenvalue weighted by molar-refractivity contribution is 4.90. The van der Waals surface area contributed by atoms with E-state index in [4.69, 9.17) is 9.47 Å². The van der Waals surface area contributed by atoms with Gasteiger partial charge in [-0.2, -0.15) is 0 Å². The molecule has 0 saturated carbocycles. The van der Waals surface area contributed by atoms with E-state index in [1.54, 1.807) is 6.26 Å². The molecule has 0 aliphatic carbocycles. The minimum Gasteiger partial charge on any atom is -0.494 e. The number of hydrogen-bond acceptors (Lipinski definition) is 3. The number of allylic oxidation sites excluding steroid dienone is 1. The Morgan fingerprint density at radius 1 is 1.46 bits per heavy atom. The maximum atomic E-state index is 5.82. The van der Waals surface area contributed by atoms with Crippen LogP contribution in [0.4, 0.5) is 0 Å². The molecule has 3 nitrogen and oxygen atoms in total. The lowest BCUT2D eigenvalue weighted by Crippen LogP contribution is -2.37. The molecule has 3 heteroatoms. The Balaban J connectivity index is 1.92. The van der Waals surface area contributed by atoms with E-state index in [2.05, 4.69) is 25.2 Å². The fourth-order valence-electron chi connectivity index (χ4n) is 1.76. The van der Waals surface area contributed by atoms with Crippen molar-refractivity contribution in [2.75, 3.05) is 6.54 Å². The van der Waals surface area contributed by atoms with Crippen molar-refractivity contribution < 1.29 is 9.47 Å². The first kappa shape index (κ1) is 9.03. The van der Waals surface area contributed by atoms with Crippen LogP contribution in [0.5, 0.6) is 0 Å². The SMILES string of the molecule is CC1(C)CN[C@@H]([C@@H]2CCC=CO2)O1. The van der Waals surface area contributed by atoms with Gasteiger partial charge in [0.1, 0.15) is 12.3 Å². The summed E-state index contributed by atoms with van der Waals surface area (Å²) < 4.78 is 11.3. The van der Waals surface area contributed by atoms with E-state index in [1.807, 2.05) is 0 Å². The minimum absolute atomic E-state index is 0.0464. The van der Waals surface area contributed by atoms with Crippen LogP contribution in [-0.4, -0.2) is 24.5 Å². The zero-order valence-corrected chi connectivity index (χ0v) is 8.25. The van der Waals surface area contributed by atoms with Gasteiger partial charge < -0.3 is 9.47 Å². The third-order valence-corrected chi connectivity index (χ3v) is 2.48. The van der Waals surface area contributed by atoms with Crippen LogP contribution in [0.15, 0.2) is 12.3 Å². The van der Waals surface area contributed by atoms with Gasteiger partial charge in [-0.15, -0.1) is 0 Å². The summed E-state index contributed by atoms with van der Waals surface area (Å²) in [5.41, 5.74) is -0.0464. The molecule has 2 aliphatic heterocycles. The molecule has 1 saturated heterocycles. The fourth-order valence-corrected chi connectivity index (χ4v) is 1.76. The standard InChI is InChI=1S/C10H17NO2/c1-10(2)7-11-9(13-10)8-5-3-4-6-12-8/h4,6,8-9,11H,3,5,7H2,1-2H3/t8-,9+/m0/s1. The summed E-state index contributed by atoms with van der Waals surface area (Å²) in [6, 6.07) is 0. The molecule has 0 aromatic heterocycles. The van der Waals surface area contributed by atoms with Gasteiger partial charge in [0.2, 0.25) is 0 Å².